The number of aryl methyl sites for hydroxylation is 2. The summed E-state index contributed by atoms with van der Waals surface area (Å²) in [5.41, 5.74) is 3.65. The molecule has 0 amide bonds. The van der Waals surface area contributed by atoms with Crippen molar-refractivity contribution in [2.75, 3.05) is 25.0 Å². The Morgan fingerprint density at radius 3 is 2.15 bits per heavy atom. The molecule has 1 aliphatic rings. The summed E-state index contributed by atoms with van der Waals surface area (Å²) in [5, 5.41) is 3.20. The number of nitrogens with one attached hydrogen (secondary N) is 1. The summed E-state index contributed by atoms with van der Waals surface area (Å²) < 4.78 is 26.9. The molecule has 0 spiro atoms. The van der Waals surface area contributed by atoms with E-state index in [9.17, 15) is 13.2 Å². The molecule has 6 heteroatoms. The van der Waals surface area contributed by atoms with Crippen molar-refractivity contribution in [3.63, 3.8) is 0 Å². The fourth-order valence-corrected chi connectivity index (χ4v) is 4.95. The molecular weight excluding hydrogens is 360 g/mol. The maximum Gasteiger partial charge on any atom is 0.243 e. The number of rotatable bonds is 6. The van der Waals surface area contributed by atoms with E-state index in [1.54, 1.807) is 12.1 Å². The summed E-state index contributed by atoms with van der Waals surface area (Å²) in [4.78, 5) is 12.7. The van der Waals surface area contributed by atoms with Crippen LogP contribution in [0.4, 0.5) is 5.69 Å². The summed E-state index contributed by atoms with van der Waals surface area (Å²) in [6.45, 7) is 5.31. The van der Waals surface area contributed by atoms with Gasteiger partial charge in [-0.05, 0) is 62.1 Å². The van der Waals surface area contributed by atoms with Crippen LogP contribution in [0.3, 0.4) is 0 Å². The monoisotopic (exact) mass is 386 g/mol. The zero-order valence-corrected chi connectivity index (χ0v) is 16.7. The van der Waals surface area contributed by atoms with Crippen molar-refractivity contribution < 1.29 is 13.2 Å². The van der Waals surface area contributed by atoms with Gasteiger partial charge in [-0.1, -0.05) is 24.6 Å². The van der Waals surface area contributed by atoms with E-state index in [-0.39, 0.29) is 17.2 Å². The lowest BCUT2D eigenvalue weighted by Crippen LogP contribution is -2.35. The third kappa shape index (κ3) is 4.39. The number of piperidine rings is 1. The Labute approximate surface area is 161 Å². The molecule has 0 saturated carbocycles. The first kappa shape index (κ1) is 19.6. The lowest BCUT2D eigenvalue weighted by atomic mass is 10.1. The van der Waals surface area contributed by atoms with Crippen LogP contribution >= 0.6 is 0 Å². The van der Waals surface area contributed by atoms with Gasteiger partial charge in [0.1, 0.15) is 0 Å². The number of para-hydroxylation sites is 1. The summed E-state index contributed by atoms with van der Waals surface area (Å²) in [6.07, 6.45) is 2.88. The molecule has 0 unspecified atom stereocenters. The number of carbonyl (C=O) groups excluding carboxylic acids is 1. The normalized spacial score (nSPS) is 15.5. The molecule has 1 heterocycles. The smallest absolute Gasteiger partial charge is 0.243 e. The first-order chi connectivity index (χ1) is 12.9. The molecule has 144 valence electrons. The first-order valence-electron chi connectivity index (χ1n) is 9.33. The molecule has 2 aromatic carbocycles. The van der Waals surface area contributed by atoms with Gasteiger partial charge in [0.05, 0.1) is 11.4 Å². The predicted octanol–water partition coefficient (Wildman–Crippen LogP) is 3.77. The highest BCUT2D eigenvalue weighted by molar-refractivity contribution is 7.89. The van der Waals surface area contributed by atoms with E-state index in [2.05, 4.69) is 5.32 Å². The Bertz CT molecular complexity index is 895. The Hall–Kier alpha value is -2.18. The molecule has 3 rings (SSSR count). The number of carbonyl (C=O) groups is 1. The molecule has 1 N–H and O–H groups in total. The van der Waals surface area contributed by atoms with E-state index in [4.69, 9.17) is 0 Å². The van der Waals surface area contributed by atoms with Gasteiger partial charge < -0.3 is 5.32 Å². The second-order valence-corrected chi connectivity index (χ2v) is 8.97. The largest absolute Gasteiger partial charge is 0.377 e. The average molecular weight is 387 g/mol. The predicted molar refractivity (Wildman–Crippen MR) is 108 cm³/mol. The Morgan fingerprint density at radius 2 is 1.56 bits per heavy atom. The van der Waals surface area contributed by atoms with Crippen LogP contribution < -0.4 is 5.32 Å². The quantitative estimate of drug-likeness (QED) is 0.768. The number of anilines is 1. The molecule has 0 aliphatic carbocycles. The van der Waals surface area contributed by atoms with Crippen LogP contribution in [-0.2, 0) is 10.0 Å². The van der Waals surface area contributed by atoms with Crippen LogP contribution in [0.15, 0.2) is 47.4 Å². The van der Waals surface area contributed by atoms with Crippen LogP contribution in [0, 0.1) is 13.8 Å². The molecule has 0 bridgehead atoms. The van der Waals surface area contributed by atoms with Crippen LogP contribution in [0.5, 0.6) is 0 Å². The van der Waals surface area contributed by atoms with Crippen LogP contribution in [-0.4, -0.2) is 38.1 Å². The maximum absolute atomic E-state index is 12.7. The van der Waals surface area contributed by atoms with E-state index >= 15 is 0 Å². The number of benzene rings is 2. The molecule has 0 radical (unpaired) electrons. The highest BCUT2D eigenvalue weighted by atomic mass is 32.2. The molecule has 1 fully saturated rings. The van der Waals surface area contributed by atoms with Gasteiger partial charge in [-0.2, -0.15) is 4.31 Å². The fraction of sp³-hybridized carbons (Fsp3) is 0.381. The fourth-order valence-electron chi connectivity index (χ4n) is 3.43. The molecule has 5 nitrogen and oxygen atoms in total. The highest BCUT2D eigenvalue weighted by Crippen LogP contribution is 2.22. The zero-order chi connectivity index (χ0) is 19.4. The number of sulfonamides is 1. The maximum atomic E-state index is 12.7. The summed E-state index contributed by atoms with van der Waals surface area (Å²) in [6, 6.07) is 12.3. The minimum absolute atomic E-state index is 0.0698. The van der Waals surface area contributed by atoms with Crippen LogP contribution in [0.1, 0.15) is 40.7 Å². The van der Waals surface area contributed by atoms with Crippen molar-refractivity contribution in [1.82, 2.24) is 4.31 Å². The van der Waals surface area contributed by atoms with E-state index in [1.165, 1.54) is 16.4 Å². The molecule has 0 atom stereocenters. The second kappa shape index (κ2) is 8.23. The Balaban J connectivity index is 1.68. The molecule has 2 aromatic rings. The van der Waals surface area contributed by atoms with E-state index < -0.39 is 10.0 Å². The topological polar surface area (TPSA) is 66.5 Å². The third-order valence-electron chi connectivity index (χ3n) is 5.04. The zero-order valence-electron chi connectivity index (χ0n) is 15.9. The molecule has 0 aromatic heterocycles. The van der Waals surface area contributed by atoms with Crippen LogP contribution in [0.2, 0.25) is 0 Å². The SMILES string of the molecule is Cc1cccc(C)c1NCC(=O)c1ccc(S(=O)(=O)N2CCCCC2)cc1. The molecule has 27 heavy (non-hydrogen) atoms. The number of hydrogen-bond acceptors (Lipinski definition) is 4. The van der Waals surface area contributed by atoms with Gasteiger partial charge in [-0.25, -0.2) is 8.42 Å². The van der Waals surface area contributed by atoms with Gasteiger partial charge >= 0.3 is 0 Å². The van der Waals surface area contributed by atoms with E-state index in [1.807, 2.05) is 32.0 Å². The summed E-state index contributed by atoms with van der Waals surface area (Å²) in [5.74, 6) is -0.0698. The van der Waals surface area contributed by atoms with Gasteiger partial charge in [-0.15, -0.1) is 0 Å². The van der Waals surface area contributed by atoms with Gasteiger partial charge in [0.2, 0.25) is 10.0 Å². The van der Waals surface area contributed by atoms with Crippen molar-refractivity contribution in [3.8, 4) is 0 Å². The van der Waals surface area contributed by atoms with Gasteiger partial charge in [-0.3, -0.25) is 4.79 Å². The van der Waals surface area contributed by atoms with Gasteiger partial charge in [0.25, 0.3) is 0 Å². The van der Waals surface area contributed by atoms with Crippen molar-refractivity contribution in [1.29, 1.82) is 0 Å². The summed E-state index contributed by atoms with van der Waals surface area (Å²) >= 11 is 0. The lowest BCUT2D eigenvalue weighted by Gasteiger charge is -2.25. The molecular formula is C21H26N2O3S. The van der Waals surface area contributed by atoms with E-state index in [0.717, 1.165) is 36.1 Å². The van der Waals surface area contributed by atoms with Crippen molar-refractivity contribution >= 4 is 21.5 Å². The Kier molecular flexibility index (Phi) is 5.97. The average Bonchev–Trinajstić information content (AvgIpc) is 2.68. The second-order valence-electron chi connectivity index (χ2n) is 7.03. The van der Waals surface area contributed by atoms with Gasteiger partial charge in [0.15, 0.2) is 5.78 Å². The lowest BCUT2D eigenvalue weighted by molar-refractivity contribution is 0.101. The summed E-state index contributed by atoms with van der Waals surface area (Å²) in [7, 11) is -3.46. The minimum Gasteiger partial charge on any atom is -0.377 e. The van der Waals surface area contributed by atoms with Crippen molar-refractivity contribution in [3.05, 3.63) is 59.2 Å². The third-order valence-corrected chi connectivity index (χ3v) is 6.95. The van der Waals surface area contributed by atoms with Gasteiger partial charge in [0, 0.05) is 24.3 Å². The van der Waals surface area contributed by atoms with Crippen LogP contribution in [0.25, 0.3) is 0 Å². The standard InChI is InChI=1S/C21H26N2O3S/c1-16-7-6-8-17(2)21(16)22-15-20(24)18-9-11-19(12-10-18)27(25,26)23-13-4-3-5-14-23/h6-12,22H,3-5,13-15H2,1-2H3. The molecule has 1 aliphatic heterocycles. The number of nitrogens with zero attached hydrogens (tertiary/aromatic N) is 1. The van der Waals surface area contributed by atoms with Crippen molar-refractivity contribution in [2.45, 2.75) is 38.0 Å². The first-order valence-corrected chi connectivity index (χ1v) is 10.8. The number of hydrogen-bond donors (Lipinski definition) is 1. The highest BCUT2D eigenvalue weighted by Gasteiger charge is 2.25. The molecule has 1 saturated heterocycles. The van der Waals surface area contributed by atoms with Crippen molar-refractivity contribution in [2.24, 2.45) is 0 Å². The van der Waals surface area contributed by atoms with E-state index in [0.29, 0.717) is 18.7 Å². The Morgan fingerprint density at radius 1 is 0.963 bits per heavy atom. The number of ketones is 1. The number of Topliss-reactive ketones (excluding diaryl/α,β-unsaturated/α-hetero) is 1. The minimum atomic E-state index is -3.46.